The number of non-ortho nitro benzene ring substituents is 1. The van der Waals surface area contributed by atoms with Gasteiger partial charge in [-0.1, -0.05) is 22.0 Å². The number of thiazole rings is 1. The topological polar surface area (TPSA) is 74.5 Å². The maximum atomic E-state index is 10.8. The zero-order valence-electron chi connectivity index (χ0n) is 13.1. The Balaban J connectivity index is 1.75. The SMILES string of the molecule is COc1ccc(Br)cc1-c1nc(COc2cccc([N+](=O)[O-])c2)cs1. The molecule has 0 aliphatic rings. The van der Waals surface area contributed by atoms with Crippen LogP contribution in [0.3, 0.4) is 0 Å². The van der Waals surface area contributed by atoms with Crippen molar-refractivity contribution < 1.29 is 14.4 Å². The predicted molar refractivity (Wildman–Crippen MR) is 99.2 cm³/mol. The maximum Gasteiger partial charge on any atom is 0.273 e. The predicted octanol–water partition coefficient (Wildman–Crippen LogP) is 5.07. The van der Waals surface area contributed by atoms with E-state index in [2.05, 4.69) is 20.9 Å². The van der Waals surface area contributed by atoms with Gasteiger partial charge in [0.15, 0.2) is 0 Å². The van der Waals surface area contributed by atoms with Crippen molar-refractivity contribution in [3.05, 3.63) is 68.1 Å². The van der Waals surface area contributed by atoms with Gasteiger partial charge < -0.3 is 9.47 Å². The maximum absolute atomic E-state index is 10.8. The Morgan fingerprint density at radius 3 is 2.88 bits per heavy atom. The average molecular weight is 421 g/mol. The molecule has 0 atom stereocenters. The van der Waals surface area contributed by atoms with Gasteiger partial charge in [-0.15, -0.1) is 11.3 Å². The van der Waals surface area contributed by atoms with Crippen LogP contribution in [0.25, 0.3) is 10.6 Å². The smallest absolute Gasteiger partial charge is 0.273 e. The first-order chi connectivity index (χ1) is 12.1. The summed E-state index contributed by atoms with van der Waals surface area (Å²) in [5, 5.41) is 13.5. The van der Waals surface area contributed by atoms with Crippen molar-refractivity contribution in [2.45, 2.75) is 6.61 Å². The molecule has 0 aliphatic carbocycles. The van der Waals surface area contributed by atoms with Crippen molar-refractivity contribution in [1.29, 1.82) is 0 Å². The number of nitrogens with zero attached hydrogens (tertiary/aromatic N) is 2. The summed E-state index contributed by atoms with van der Waals surface area (Å²) in [6, 6.07) is 11.8. The van der Waals surface area contributed by atoms with Gasteiger partial charge in [0.2, 0.25) is 0 Å². The molecule has 128 valence electrons. The molecule has 0 saturated carbocycles. The lowest BCUT2D eigenvalue weighted by molar-refractivity contribution is -0.384. The van der Waals surface area contributed by atoms with Crippen molar-refractivity contribution in [1.82, 2.24) is 4.98 Å². The molecule has 1 aromatic heterocycles. The summed E-state index contributed by atoms with van der Waals surface area (Å²) in [4.78, 5) is 14.9. The van der Waals surface area contributed by atoms with Gasteiger partial charge in [-0.25, -0.2) is 4.98 Å². The lowest BCUT2D eigenvalue weighted by Gasteiger charge is -2.06. The van der Waals surface area contributed by atoms with Gasteiger partial charge in [0.1, 0.15) is 23.1 Å². The molecule has 6 nitrogen and oxygen atoms in total. The highest BCUT2D eigenvalue weighted by molar-refractivity contribution is 9.10. The minimum absolute atomic E-state index is 0.00432. The van der Waals surface area contributed by atoms with Gasteiger partial charge >= 0.3 is 0 Å². The molecule has 8 heteroatoms. The molecule has 0 N–H and O–H groups in total. The van der Waals surface area contributed by atoms with Gasteiger partial charge in [0.05, 0.1) is 29.4 Å². The van der Waals surface area contributed by atoms with Crippen LogP contribution in [0.5, 0.6) is 11.5 Å². The van der Waals surface area contributed by atoms with Gasteiger partial charge in [-0.3, -0.25) is 10.1 Å². The largest absolute Gasteiger partial charge is 0.496 e. The van der Waals surface area contributed by atoms with E-state index in [-0.39, 0.29) is 12.3 Å². The van der Waals surface area contributed by atoms with E-state index >= 15 is 0 Å². The molecule has 0 unspecified atom stereocenters. The van der Waals surface area contributed by atoms with Crippen LogP contribution in [-0.4, -0.2) is 17.0 Å². The quantitative estimate of drug-likeness (QED) is 0.411. The van der Waals surface area contributed by atoms with Gasteiger partial charge in [-0.05, 0) is 24.3 Å². The van der Waals surface area contributed by atoms with Crippen LogP contribution in [0.1, 0.15) is 5.69 Å². The molecule has 0 fully saturated rings. The summed E-state index contributed by atoms with van der Waals surface area (Å²) in [7, 11) is 1.62. The third kappa shape index (κ3) is 4.15. The summed E-state index contributed by atoms with van der Waals surface area (Å²) >= 11 is 4.93. The molecule has 0 radical (unpaired) electrons. The Morgan fingerprint density at radius 2 is 2.12 bits per heavy atom. The zero-order valence-corrected chi connectivity index (χ0v) is 15.5. The lowest BCUT2D eigenvalue weighted by Crippen LogP contribution is -1.97. The Bertz CT molecular complexity index is 913. The average Bonchev–Trinajstić information content (AvgIpc) is 3.09. The molecule has 0 aliphatic heterocycles. The van der Waals surface area contributed by atoms with Gasteiger partial charge in [-0.2, -0.15) is 0 Å². The molecule has 25 heavy (non-hydrogen) atoms. The number of hydrogen-bond acceptors (Lipinski definition) is 6. The molecule has 3 aromatic rings. The second kappa shape index (κ2) is 7.62. The molecule has 0 amide bonds. The van der Waals surface area contributed by atoms with E-state index in [0.717, 1.165) is 26.5 Å². The molecule has 0 bridgehead atoms. The Hall–Kier alpha value is -2.45. The molecule has 0 saturated heterocycles. The monoisotopic (exact) mass is 420 g/mol. The van der Waals surface area contributed by atoms with E-state index in [9.17, 15) is 10.1 Å². The lowest BCUT2D eigenvalue weighted by atomic mass is 10.2. The minimum atomic E-state index is -0.451. The Morgan fingerprint density at radius 1 is 1.28 bits per heavy atom. The third-order valence-corrected chi connectivity index (χ3v) is 4.78. The molecule has 3 rings (SSSR count). The fourth-order valence-electron chi connectivity index (χ4n) is 2.19. The first-order valence-electron chi connectivity index (χ1n) is 7.22. The number of methoxy groups -OCH3 is 1. The molecular weight excluding hydrogens is 408 g/mol. The Labute approximate surface area is 156 Å². The highest BCUT2D eigenvalue weighted by Crippen LogP contribution is 2.34. The first-order valence-corrected chi connectivity index (χ1v) is 8.89. The fraction of sp³-hybridized carbons (Fsp3) is 0.118. The van der Waals surface area contributed by atoms with Gasteiger partial charge in [0.25, 0.3) is 5.69 Å². The zero-order chi connectivity index (χ0) is 17.8. The van der Waals surface area contributed by atoms with E-state index in [1.54, 1.807) is 19.2 Å². The van der Waals surface area contributed by atoms with Crippen molar-refractivity contribution in [3.8, 4) is 22.1 Å². The number of rotatable bonds is 6. The van der Waals surface area contributed by atoms with E-state index in [0.29, 0.717) is 5.75 Å². The van der Waals surface area contributed by atoms with Gasteiger partial charge in [0, 0.05) is 15.9 Å². The van der Waals surface area contributed by atoms with Crippen LogP contribution in [-0.2, 0) is 6.61 Å². The summed E-state index contributed by atoms with van der Waals surface area (Å²) in [5.41, 5.74) is 1.63. The first kappa shape index (κ1) is 17.4. The van der Waals surface area contributed by atoms with Crippen LogP contribution >= 0.6 is 27.3 Å². The summed E-state index contributed by atoms with van der Waals surface area (Å²) in [6.07, 6.45) is 0. The normalized spacial score (nSPS) is 10.5. The molecular formula is C17H13BrN2O4S. The molecule has 2 aromatic carbocycles. The van der Waals surface area contributed by atoms with Crippen LogP contribution in [0.15, 0.2) is 52.3 Å². The van der Waals surface area contributed by atoms with Crippen molar-refractivity contribution in [2.75, 3.05) is 7.11 Å². The van der Waals surface area contributed by atoms with Crippen LogP contribution < -0.4 is 9.47 Å². The Kier molecular flexibility index (Phi) is 5.30. The number of aromatic nitrogens is 1. The van der Waals surface area contributed by atoms with Crippen molar-refractivity contribution in [2.24, 2.45) is 0 Å². The second-order valence-corrected chi connectivity index (χ2v) is 6.81. The number of nitro groups is 1. The van der Waals surface area contributed by atoms with E-state index in [4.69, 9.17) is 9.47 Å². The number of hydrogen-bond donors (Lipinski definition) is 0. The highest BCUT2D eigenvalue weighted by Gasteiger charge is 2.12. The number of halogens is 1. The second-order valence-electron chi connectivity index (χ2n) is 5.03. The van der Waals surface area contributed by atoms with E-state index < -0.39 is 4.92 Å². The summed E-state index contributed by atoms with van der Waals surface area (Å²) < 4.78 is 11.9. The molecule has 1 heterocycles. The standard InChI is InChI=1S/C17H13BrN2O4S/c1-23-16-6-5-11(18)7-15(16)17-19-12(10-25-17)9-24-14-4-2-3-13(8-14)20(21)22/h2-8,10H,9H2,1H3. The van der Waals surface area contributed by atoms with E-state index in [1.807, 2.05) is 23.6 Å². The highest BCUT2D eigenvalue weighted by atomic mass is 79.9. The number of ether oxygens (including phenoxy) is 2. The number of nitro benzene ring substituents is 1. The fourth-order valence-corrected chi connectivity index (χ4v) is 3.37. The molecule has 0 spiro atoms. The number of benzene rings is 2. The van der Waals surface area contributed by atoms with E-state index in [1.165, 1.54) is 23.5 Å². The van der Waals surface area contributed by atoms with Crippen LogP contribution in [0.4, 0.5) is 5.69 Å². The third-order valence-electron chi connectivity index (χ3n) is 3.36. The minimum Gasteiger partial charge on any atom is -0.496 e. The van der Waals surface area contributed by atoms with Crippen LogP contribution in [0.2, 0.25) is 0 Å². The van der Waals surface area contributed by atoms with Crippen molar-refractivity contribution in [3.63, 3.8) is 0 Å². The van der Waals surface area contributed by atoms with Crippen molar-refractivity contribution >= 4 is 33.0 Å². The summed E-state index contributed by atoms with van der Waals surface area (Å²) in [5.74, 6) is 1.17. The van der Waals surface area contributed by atoms with Crippen LogP contribution in [0, 0.1) is 10.1 Å². The summed E-state index contributed by atoms with van der Waals surface area (Å²) in [6.45, 7) is 0.230.